The fourth-order valence-electron chi connectivity index (χ4n) is 3.13. The second-order valence-electron chi connectivity index (χ2n) is 7.05. The Balaban J connectivity index is 1.93. The lowest BCUT2D eigenvalue weighted by Gasteiger charge is -2.15. The number of halogens is 3. The lowest BCUT2D eigenvalue weighted by Crippen LogP contribution is -2.20. The van der Waals surface area contributed by atoms with Crippen molar-refractivity contribution >= 4 is 27.2 Å². The molecule has 168 valence electrons. The van der Waals surface area contributed by atoms with Crippen LogP contribution in [0.3, 0.4) is 0 Å². The Bertz CT molecular complexity index is 1210. The maximum atomic E-state index is 12.9. The highest BCUT2D eigenvalue weighted by Crippen LogP contribution is 2.32. The molecule has 0 spiro atoms. The first kappa shape index (κ1) is 23.3. The van der Waals surface area contributed by atoms with Gasteiger partial charge in [0.1, 0.15) is 0 Å². The molecule has 2 N–H and O–H groups in total. The van der Waals surface area contributed by atoms with Crippen LogP contribution in [0, 0.1) is 0 Å². The molecule has 32 heavy (non-hydrogen) atoms. The SMILES string of the molecule is CCCS(=O)(=O)c1ccc(-c2ccccc2)c(NC(=O)Nc2cccc(C(F)(F)F)c2)c1. The first-order chi connectivity index (χ1) is 15.1. The van der Waals surface area contributed by atoms with Crippen LogP contribution in [0.4, 0.5) is 29.3 Å². The topological polar surface area (TPSA) is 75.3 Å². The van der Waals surface area contributed by atoms with E-state index in [-0.39, 0.29) is 22.0 Å². The van der Waals surface area contributed by atoms with Crippen LogP contribution in [0.2, 0.25) is 0 Å². The van der Waals surface area contributed by atoms with Gasteiger partial charge in [-0.15, -0.1) is 0 Å². The maximum absolute atomic E-state index is 12.9. The van der Waals surface area contributed by atoms with Crippen molar-refractivity contribution in [3.8, 4) is 11.1 Å². The number of hydrogen-bond acceptors (Lipinski definition) is 3. The van der Waals surface area contributed by atoms with Gasteiger partial charge in [-0.3, -0.25) is 0 Å². The van der Waals surface area contributed by atoms with E-state index in [9.17, 15) is 26.4 Å². The Labute approximate surface area is 184 Å². The first-order valence-electron chi connectivity index (χ1n) is 9.77. The van der Waals surface area contributed by atoms with Crippen LogP contribution in [0.15, 0.2) is 77.7 Å². The number of rotatable bonds is 6. The van der Waals surface area contributed by atoms with Crippen LogP contribution in [0.1, 0.15) is 18.9 Å². The van der Waals surface area contributed by atoms with Crippen LogP contribution in [0.25, 0.3) is 11.1 Å². The Morgan fingerprint density at radius 1 is 0.906 bits per heavy atom. The van der Waals surface area contributed by atoms with Crippen molar-refractivity contribution in [2.45, 2.75) is 24.4 Å². The van der Waals surface area contributed by atoms with E-state index in [1.807, 2.05) is 6.07 Å². The van der Waals surface area contributed by atoms with Crippen molar-refractivity contribution < 1.29 is 26.4 Å². The Morgan fingerprint density at radius 2 is 1.62 bits per heavy atom. The highest BCUT2D eigenvalue weighted by Gasteiger charge is 2.30. The molecule has 0 aliphatic carbocycles. The van der Waals surface area contributed by atoms with Crippen LogP contribution in [0.5, 0.6) is 0 Å². The monoisotopic (exact) mass is 462 g/mol. The fourth-order valence-corrected chi connectivity index (χ4v) is 4.48. The van der Waals surface area contributed by atoms with E-state index in [1.165, 1.54) is 24.3 Å². The van der Waals surface area contributed by atoms with E-state index in [0.29, 0.717) is 12.0 Å². The van der Waals surface area contributed by atoms with Gasteiger partial charge in [0.2, 0.25) is 0 Å². The summed E-state index contributed by atoms with van der Waals surface area (Å²) in [5, 5.41) is 4.94. The normalized spacial score (nSPS) is 11.8. The molecule has 0 saturated carbocycles. The predicted molar refractivity (Wildman–Crippen MR) is 118 cm³/mol. The zero-order valence-corrected chi connectivity index (χ0v) is 17.9. The van der Waals surface area contributed by atoms with Crippen molar-refractivity contribution in [3.63, 3.8) is 0 Å². The number of sulfone groups is 1. The summed E-state index contributed by atoms with van der Waals surface area (Å²) in [7, 11) is -3.55. The number of amides is 2. The van der Waals surface area contributed by atoms with E-state index in [0.717, 1.165) is 17.7 Å². The Morgan fingerprint density at radius 3 is 2.28 bits per heavy atom. The summed E-state index contributed by atoms with van der Waals surface area (Å²) in [4.78, 5) is 12.6. The molecular formula is C23H21F3N2O3S. The van der Waals surface area contributed by atoms with Gasteiger partial charge in [-0.2, -0.15) is 13.2 Å². The van der Waals surface area contributed by atoms with Crippen LogP contribution >= 0.6 is 0 Å². The minimum Gasteiger partial charge on any atom is -0.308 e. The van der Waals surface area contributed by atoms with Gasteiger partial charge in [0.25, 0.3) is 0 Å². The second kappa shape index (κ2) is 9.44. The minimum atomic E-state index is -4.55. The molecule has 3 rings (SSSR count). The van der Waals surface area contributed by atoms with Gasteiger partial charge in [-0.05, 0) is 42.3 Å². The lowest BCUT2D eigenvalue weighted by atomic mass is 10.0. The average Bonchev–Trinajstić information content (AvgIpc) is 2.74. The quantitative estimate of drug-likeness (QED) is 0.458. The van der Waals surface area contributed by atoms with Crippen molar-refractivity contribution in [3.05, 3.63) is 78.4 Å². The minimum absolute atomic E-state index is 0.0478. The Hall–Kier alpha value is -3.33. The smallest absolute Gasteiger partial charge is 0.308 e. The summed E-state index contributed by atoms with van der Waals surface area (Å²) in [6, 6.07) is 16.9. The summed E-state index contributed by atoms with van der Waals surface area (Å²) in [5.74, 6) is -0.0481. The third-order valence-electron chi connectivity index (χ3n) is 4.60. The summed E-state index contributed by atoms with van der Waals surface area (Å²) in [5.41, 5.74) is 0.584. The molecule has 5 nitrogen and oxygen atoms in total. The summed E-state index contributed by atoms with van der Waals surface area (Å²) >= 11 is 0. The van der Waals surface area contributed by atoms with Crippen molar-refractivity contribution in [1.29, 1.82) is 0 Å². The van der Waals surface area contributed by atoms with Gasteiger partial charge in [-0.1, -0.05) is 49.4 Å². The molecule has 0 unspecified atom stereocenters. The molecule has 0 heterocycles. The van der Waals surface area contributed by atoms with Gasteiger partial charge in [-0.25, -0.2) is 13.2 Å². The molecular weight excluding hydrogens is 441 g/mol. The molecule has 0 aliphatic rings. The average molecular weight is 462 g/mol. The third-order valence-corrected chi connectivity index (χ3v) is 6.52. The number of alkyl halides is 3. The highest BCUT2D eigenvalue weighted by molar-refractivity contribution is 7.91. The molecule has 0 fully saturated rings. The zero-order valence-electron chi connectivity index (χ0n) is 17.1. The third kappa shape index (κ3) is 5.67. The van der Waals surface area contributed by atoms with Crippen molar-refractivity contribution in [2.24, 2.45) is 0 Å². The Kier molecular flexibility index (Phi) is 6.88. The van der Waals surface area contributed by atoms with Crippen molar-refractivity contribution in [1.82, 2.24) is 0 Å². The van der Waals surface area contributed by atoms with E-state index in [2.05, 4.69) is 10.6 Å². The molecule has 0 bridgehead atoms. The van der Waals surface area contributed by atoms with Gasteiger partial charge >= 0.3 is 12.2 Å². The molecule has 0 aliphatic heterocycles. The molecule has 9 heteroatoms. The molecule has 0 saturated heterocycles. The van der Waals surface area contributed by atoms with Crippen LogP contribution in [-0.2, 0) is 16.0 Å². The highest BCUT2D eigenvalue weighted by atomic mass is 32.2. The summed E-state index contributed by atoms with van der Waals surface area (Å²) < 4.78 is 63.8. The van der Waals surface area contributed by atoms with E-state index in [1.54, 1.807) is 37.3 Å². The molecule has 0 atom stereocenters. The number of benzene rings is 3. The molecule has 3 aromatic carbocycles. The van der Waals surface area contributed by atoms with Gasteiger partial charge in [0, 0.05) is 11.3 Å². The number of nitrogens with one attached hydrogen (secondary N) is 2. The van der Waals surface area contributed by atoms with Crippen LogP contribution < -0.4 is 10.6 Å². The number of hydrogen-bond donors (Lipinski definition) is 2. The van der Waals surface area contributed by atoms with E-state index in [4.69, 9.17) is 0 Å². The predicted octanol–water partition coefficient (Wildman–Crippen LogP) is 6.20. The van der Waals surface area contributed by atoms with Gasteiger partial charge in [0.15, 0.2) is 9.84 Å². The molecule has 0 radical (unpaired) electrons. The van der Waals surface area contributed by atoms with Crippen LogP contribution in [-0.4, -0.2) is 20.2 Å². The maximum Gasteiger partial charge on any atom is 0.416 e. The second-order valence-corrected chi connectivity index (χ2v) is 9.16. The summed E-state index contributed by atoms with van der Waals surface area (Å²) in [6.07, 6.45) is -4.11. The van der Waals surface area contributed by atoms with Crippen molar-refractivity contribution in [2.75, 3.05) is 16.4 Å². The first-order valence-corrected chi connectivity index (χ1v) is 11.4. The zero-order chi connectivity index (χ0) is 23.4. The van der Waals surface area contributed by atoms with E-state index < -0.39 is 27.6 Å². The largest absolute Gasteiger partial charge is 0.416 e. The fraction of sp³-hybridized carbons (Fsp3) is 0.174. The van der Waals surface area contributed by atoms with Gasteiger partial charge < -0.3 is 10.6 Å². The number of anilines is 2. The number of urea groups is 1. The molecule has 0 aromatic heterocycles. The van der Waals surface area contributed by atoms with Gasteiger partial charge in [0.05, 0.1) is 21.9 Å². The lowest BCUT2D eigenvalue weighted by molar-refractivity contribution is -0.137. The standard InChI is InChI=1S/C23H21F3N2O3S/c1-2-13-32(30,31)19-11-12-20(16-7-4-3-5-8-16)21(15-19)28-22(29)27-18-10-6-9-17(14-18)23(24,25)26/h3-12,14-15H,2,13H2,1H3,(H2,27,28,29). The number of carbonyl (C=O) groups excluding carboxylic acids is 1. The molecule has 3 aromatic rings. The number of carbonyl (C=O) groups is 1. The summed E-state index contributed by atoms with van der Waals surface area (Å²) in [6.45, 7) is 1.75. The molecule has 2 amide bonds. The van der Waals surface area contributed by atoms with E-state index >= 15 is 0 Å².